The summed E-state index contributed by atoms with van der Waals surface area (Å²) < 4.78 is 0. The fraction of sp³-hybridized carbons (Fsp3) is 0.647. The molecule has 1 aromatic rings. The topological polar surface area (TPSA) is 6.48 Å². The van der Waals surface area contributed by atoms with Gasteiger partial charge < -0.3 is 9.80 Å². The van der Waals surface area contributed by atoms with Gasteiger partial charge >= 0.3 is 0 Å². The number of para-hydroxylation sites is 1. The van der Waals surface area contributed by atoms with E-state index in [1.165, 1.54) is 56.1 Å². The van der Waals surface area contributed by atoms with Crippen molar-refractivity contribution >= 4 is 17.4 Å². The van der Waals surface area contributed by atoms with E-state index in [9.17, 15) is 0 Å². The summed E-state index contributed by atoms with van der Waals surface area (Å²) in [5, 5.41) is 0. The molecule has 3 aliphatic rings. The van der Waals surface area contributed by atoms with Gasteiger partial charge in [-0.2, -0.15) is 0 Å². The molecule has 4 rings (SSSR count). The zero-order valence-corrected chi connectivity index (χ0v) is 13.2. The molecule has 1 fully saturated rings. The third-order valence-electron chi connectivity index (χ3n) is 5.12. The lowest BCUT2D eigenvalue weighted by atomic mass is 9.89. The molecule has 3 heteroatoms. The first kappa shape index (κ1) is 13.0. The van der Waals surface area contributed by atoms with E-state index in [2.05, 4.69) is 46.7 Å². The summed E-state index contributed by atoms with van der Waals surface area (Å²) >= 11 is 2.07. The Bertz CT molecular complexity index is 502. The number of hydrogen-bond acceptors (Lipinski definition) is 3. The maximum atomic E-state index is 2.76. The number of benzene rings is 1. The molecule has 0 aromatic heterocycles. The van der Waals surface area contributed by atoms with Crippen LogP contribution in [0.15, 0.2) is 23.1 Å². The molecule has 3 heterocycles. The molecule has 0 aliphatic carbocycles. The maximum absolute atomic E-state index is 2.76. The Morgan fingerprint density at radius 1 is 1.30 bits per heavy atom. The van der Waals surface area contributed by atoms with E-state index in [-0.39, 0.29) is 0 Å². The number of nitrogens with zero attached hydrogens (tertiary/aromatic N) is 2. The first-order chi connectivity index (χ1) is 9.88. The highest BCUT2D eigenvalue weighted by Crippen LogP contribution is 2.50. The smallest absolute Gasteiger partial charge is 0.0543 e. The van der Waals surface area contributed by atoms with Gasteiger partial charge in [-0.1, -0.05) is 19.1 Å². The van der Waals surface area contributed by atoms with E-state index in [1.54, 1.807) is 11.3 Å². The summed E-state index contributed by atoms with van der Waals surface area (Å²) in [7, 11) is 0. The number of fused-ring (bicyclic) bond motifs is 3. The lowest BCUT2D eigenvalue weighted by molar-refractivity contribution is 0.193. The number of anilines is 1. The molecule has 2 atom stereocenters. The van der Waals surface area contributed by atoms with Crippen LogP contribution in [0.5, 0.6) is 0 Å². The summed E-state index contributed by atoms with van der Waals surface area (Å²) in [6, 6.07) is 7.80. The van der Waals surface area contributed by atoms with Crippen molar-refractivity contribution in [1.82, 2.24) is 4.90 Å². The van der Waals surface area contributed by atoms with Gasteiger partial charge in [0.2, 0.25) is 0 Å². The van der Waals surface area contributed by atoms with Gasteiger partial charge in [-0.25, -0.2) is 0 Å². The number of likely N-dealkylation sites (tertiary alicyclic amines) is 1. The minimum absolute atomic E-state index is 0.754. The van der Waals surface area contributed by atoms with Crippen LogP contribution in [0.4, 0.5) is 5.69 Å². The van der Waals surface area contributed by atoms with Gasteiger partial charge in [0.15, 0.2) is 0 Å². The Morgan fingerprint density at radius 3 is 3.15 bits per heavy atom. The van der Waals surface area contributed by atoms with Gasteiger partial charge in [0, 0.05) is 36.5 Å². The second-order valence-corrected chi connectivity index (χ2v) is 7.49. The SMILES string of the molecule is CCCN1CC[C@@H]2[C@H](C1)c1cccc3c1N2CCCS3. The molecule has 20 heavy (non-hydrogen) atoms. The second-order valence-electron chi connectivity index (χ2n) is 6.35. The van der Waals surface area contributed by atoms with E-state index in [4.69, 9.17) is 0 Å². The van der Waals surface area contributed by atoms with Gasteiger partial charge in [-0.3, -0.25) is 0 Å². The third-order valence-corrected chi connectivity index (χ3v) is 6.25. The first-order valence-corrected chi connectivity index (χ1v) is 9.11. The van der Waals surface area contributed by atoms with Gasteiger partial charge in [0.1, 0.15) is 0 Å². The van der Waals surface area contributed by atoms with E-state index in [0.717, 1.165) is 12.0 Å². The van der Waals surface area contributed by atoms with Gasteiger partial charge in [0.05, 0.1) is 5.69 Å². The van der Waals surface area contributed by atoms with Crippen LogP contribution in [-0.2, 0) is 0 Å². The predicted molar refractivity (Wildman–Crippen MR) is 87.0 cm³/mol. The van der Waals surface area contributed by atoms with Gasteiger partial charge in [-0.15, -0.1) is 11.8 Å². The van der Waals surface area contributed by atoms with Crippen molar-refractivity contribution in [2.75, 3.05) is 36.8 Å². The first-order valence-electron chi connectivity index (χ1n) is 8.13. The molecular weight excluding hydrogens is 264 g/mol. The van der Waals surface area contributed by atoms with Crippen molar-refractivity contribution in [3.05, 3.63) is 23.8 Å². The fourth-order valence-electron chi connectivity index (χ4n) is 4.33. The molecule has 108 valence electrons. The minimum atomic E-state index is 0.754. The van der Waals surface area contributed by atoms with Gasteiger partial charge in [-0.05, 0) is 43.2 Å². The average Bonchev–Trinajstić information content (AvgIpc) is 2.64. The molecule has 0 saturated carbocycles. The largest absolute Gasteiger partial charge is 0.367 e. The van der Waals surface area contributed by atoms with E-state index >= 15 is 0 Å². The summed E-state index contributed by atoms with van der Waals surface area (Å²) in [4.78, 5) is 6.98. The molecule has 0 spiro atoms. The van der Waals surface area contributed by atoms with E-state index in [1.807, 2.05) is 0 Å². The highest BCUT2D eigenvalue weighted by molar-refractivity contribution is 7.99. The molecular formula is C17H24N2S. The number of rotatable bonds is 2. The van der Waals surface area contributed by atoms with Crippen molar-refractivity contribution < 1.29 is 0 Å². The number of thioether (sulfide) groups is 1. The highest BCUT2D eigenvalue weighted by atomic mass is 32.2. The molecule has 0 amide bonds. The fourth-order valence-corrected chi connectivity index (χ4v) is 5.37. The monoisotopic (exact) mass is 288 g/mol. The van der Waals surface area contributed by atoms with Crippen molar-refractivity contribution in [1.29, 1.82) is 0 Å². The lowest BCUT2D eigenvalue weighted by Crippen LogP contribution is -2.46. The Labute approximate surface area is 126 Å². The molecule has 0 N–H and O–H groups in total. The molecule has 0 radical (unpaired) electrons. The van der Waals surface area contributed by atoms with Crippen molar-refractivity contribution in [3.8, 4) is 0 Å². The Morgan fingerprint density at radius 2 is 2.25 bits per heavy atom. The summed E-state index contributed by atoms with van der Waals surface area (Å²) in [6.07, 6.45) is 3.97. The summed E-state index contributed by atoms with van der Waals surface area (Å²) in [5.41, 5.74) is 3.24. The van der Waals surface area contributed by atoms with Crippen molar-refractivity contribution in [2.24, 2.45) is 0 Å². The molecule has 0 unspecified atom stereocenters. The third kappa shape index (κ3) is 1.98. The Balaban J connectivity index is 1.71. The highest BCUT2D eigenvalue weighted by Gasteiger charge is 2.42. The second kappa shape index (κ2) is 5.27. The Hall–Kier alpha value is -0.670. The van der Waals surface area contributed by atoms with Gasteiger partial charge in [0.25, 0.3) is 0 Å². The summed E-state index contributed by atoms with van der Waals surface area (Å²) in [5.74, 6) is 2.04. The average molecular weight is 288 g/mol. The van der Waals surface area contributed by atoms with E-state index < -0.39 is 0 Å². The van der Waals surface area contributed by atoms with Crippen LogP contribution in [0, 0.1) is 0 Å². The van der Waals surface area contributed by atoms with Crippen LogP contribution >= 0.6 is 11.8 Å². The van der Waals surface area contributed by atoms with Crippen LogP contribution in [0.1, 0.15) is 37.7 Å². The van der Waals surface area contributed by atoms with Crippen LogP contribution < -0.4 is 4.90 Å². The van der Waals surface area contributed by atoms with Crippen molar-refractivity contribution in [2.45, 2.75) is 43.0 Å². The minimum Gasteiger partial charge on any atom is -0.367 e. The zero-order chi connectivity index (χ0) is 13.5. The summed E-state index contributed by atoms with van der Waals surface area (Å²) in [6.45, 7) is 7.41. The lowest BCUT2D eigenvalue weighted by Gasteiger charge is -2.38. The predicted octanol–water partition coefficient (Wildman–Crippen LogP) is 3.57. The van der Waals surface area contributed by atoms with Crippen LogP contribution in [-0.4, -0.2) is 42.9 Å². The number of hydrogen-bond donors (Lipinski definition) is 0. The quantitative estimate of drug-likeness (QED) is 0.821. The molecule has 2 nitrogen and oxygen atoms in total. The Kier molecular flexibility index (Phi) is 3.43. The van der Waals surface area contributed by atoms with E-state index in [0.29, 0.717) is 0 Å². The molecule has 1 saturated heterocycles. The van der Waals surface area contributed by atoms with Crippen LogP contribution in [0.2, 0.25) is 0 Å². The zero-order valence-electron chi connectivity index (χ0n) is 12.3. The number of piperidine rings is 1. The van der Waals surface area contributed by atoms with Crippen LogP contribution in [0.25, 0.3) is 0 Å². The standard InChI is InChI=1S/C17H24N2S/c1-2-8-18-10-7-15-14(12-18)13-5-3-6-16-17(13)19(15)9-4-11-20-16/h3,5-6,14-15H,2,4,7-12H2,1H3/t14-,15-/m1/s1. The van der Waals surface area contributed by atoms with Crippen LogP contribution in [0.3, 0.4) is 0 Å². The molecule has 3 aliphatic heterocycles. The normalized spacial score (nSPS) is 28.9. The van der Waals surface area contributed by atoms with Crippen molar-refractivity contribution in [3.63, 3.8) is 0 Å². The molecule has 1 aromatic carbocycles. The molecule has 0 bridgehead atoms. The maximum Gasteiger partial charge on any atom is 0.0543 e.